The van der Waals surface area contributed by atoms with Crippen molar-refractivity contribution >= 4 is 11.6 Å². The van der Waals surface area contributed by atoms with Crippen LogP contribution in [0.15, 0.2) is 24.5 Å². The number of carbonyl (C=O) groups is 1. The lowest BCUT2D eigenvalue weighted by Crippen LogP contribution is -2.35. The van der Waals surface area contributed by atoms with Gasteiger partial charge in [0, 0.05) is 56.1 Å². The molecule has 0 aromatic carbocycles. The minimum atomic E-state index is -0.0284. The summed E-state index contributed by atoms with van der Waals surface area (Å²) in [5, 5.41) is 7.35. The van der Waals surface area contributed by atoms with E-state index >= 15 is 0 Å². The molecule has 7 nitrogen and oxygen atoms in total. The van der Waals surface area contributed by atoms with E-state index in [2.05, 4.69) is 27.3 Å². The Balaban J connectivity index is 1.37. The second-order valence-electron chi connectivity index (χ2n) is 7.67. The van der Waals surface area contributed by atoms with E-state index in [0.29, 0.717) is 5.88 Å². The monoisotopic (exact) mass is 369 g/mol. The quantitative estimate of drug-likeness (QED) is 0.893. The smallest absolute Gasteiger partial charge is 0.227 e. The third-order valence-electron chi connectivity index (χ3n) is 5.68. The number of ether oxygens (including phenoxy) is 1. The molecule has 0 radical (unpaired) electrons. The fourth-order valence-electron chi connectivity index (χ4n) is 3.94. The lowest BCUT2D eigenvalue weighted by Gasteiger charge is -2.29. The van der Waals surface area contributed by atoms with Crippen molar-refractivity contribution in [3.8, 4) is 5.88 Å². The largest absolute Gasteiger partial charge is 0.474 e. The third-order valence-corrected chi connectivity index (χ3v) is 5.68. The van der Waals surface area contributed by atoms with Crippen LogP contribution in [0.1, 0.15) is 30.5 Å². The molecule has 1 N–H and O–H groups in total. The first-order valence-electron chi connectivity index (χ1n) is 9.70. The first-order chi connectivity index (χ1) is 13.1. The van der Waals surface area contributed by atoms with E-state index in [-0.39, 0.29) is 17.9 Å². The second-order valence-corrected chi connectivity index (χ2v) is 7.67. The average molecular weight is 369 g/mol. The number of aromatic nitrogens is 3. The summed E-state index contributed by atoms with van der Waals surface area (Å²) in [6.45, 7) is 2.08. The third kappa shape index (κ3) is 4.13. The van der Waals surface area contributed by atoms with Gasteiger partial charge in [-0.2, -0.15) is 5.10 Å². The van der Waals surface area contributed by atoms with Crippen molar-refractivity contribution in [3.63, 3.8) is 0 Å². The highest BCUT2D eigenvalue weighted by Gasteiger charge is 2.27. The predicted octanol–water partition coefficient (Wildman–Crippen LogP) is 2.03. The number of amides is 1. The van der Waals surface area contributed by atoms with Crippen LogP contribution in [0.2, 0.25) is 0 Å². The summed E-state index contributed by atoms with van der Waals surface area (Å²) in [6.07, 6.45) is 8.31. The van der Waals surface area contributed by atoms with Crippen LogP contribution in [0.3, 0.4) is 0 Å². The number of carbonyl (C=O) groups excluding carboxylic acids is 1. The van der Waals surface area contributed by atoms with Crippen molar-refractivity contribution in [3.05, 3.63) is 35.8 Å². The number of fused-ring (bicyclic) bond motifs is 1. The van der Waals surface area contributed by atoms with Gasteiger partial charge in [-0.3, -0.25) is 9.48 Å². The maximum atomic E-state index is 12.7. The molecule has 1 unspecified atom stereocenters. The number of nitrogens with one attached hydrogen (secondary N) is 1. The minimum Gasteiger partial charge on any atom is -0.474 e. The van der Waals surface area contributed by atoms with Crippen LogP contribution in [-0.4, -0.2) is 51.8 Å². The van der Waals surface area contributed by atoms with Gasteiger partial charge in [0.1, 0.15) is 6.10 Å². The topological polar surface area (TPSA) is 72.3 Å². The van der Waals surface area contributed by atoms with Gasteiger partial charge in [-0.1, -0.05) is 0 Å². The van der Waals surface area contributed by atoms with Gasteiger partial charge in [-0.15, -0.1) is 0 Å². The molecule has 0 spiro atoms. The number of likely N-dealkylation sites (tertiary alicyclic amines) is 1. The number of hydrogen-bond donors (Lipinski definition) is 1. The molecule has 1 aliphatic heterocycles. The van der Waals surface area contributed by atoms with Gasteiger partial charge in [0.15, 0.2) is 0 Å². The Bertz CT molecular complexity index is 810. The number of pyridine rings is 1. The van der Waals surface area contributed by atoms with Crippen LogP contribution in [-0.2, 0) is 24.7 Å². The maximum absolute atomic E-state index is 12.7. The standard InChI is InChI=1S/C20H27N5O2/c1-24-9-6-17(7-10-24)27-19-12-16(5-8-21-19)23-20(26)14-3-4-15-13-22-25(2)18(15)11-14/h5,8,12-14,17H,3-4,6-7,9-11H2,1-2H3,(H,21,23,26). The molecule has 4 rings (SSSR count). The predicted molar refractivity (Wildman–Crippen MR) is 103 cm³/mol. The molecule has 0 saturated carbocycles. The van der Waals surface area contributed by atoms with Crippen molar-refractivity contribution in [1.82, 2.24) is 19.7 Å². The Morgan fingerprint density at radius 3 is 2.89 bits per heavy atom. The molecule has 2 aliphatic rings. The molecule has 1 aliphatic carbocycles. The van der Waals surface area contributed by atoms with Gasteiger partial charge in [0.05, 0.1) is 6.20 Å². The Morgan fingerprint density at radius 1 is 1.26 bits per heavy atom. The summed E-state index contributed by atoms with van der Waals surface area (Å²) in [5.74, 6) is 0.609. The molecule has 3 heterocycles. The summed E-state index contributed by atoms with van der Waals surface area (Å²) in [6, 6.07) is 3.65. The van der Waals surface area contributed by atoms with Crippen LogP contribution in [0.5, 0.6) is 5.88 Å². The highest BCUT2D eigenvalue weighted by atomic mass is 16.5. The Kier molecular flexibility index (Phi) is 5.11. The Hall–Kier alpha value is -2.41. The van der Waals surface area contributed by atoms with E-state index in [4.69, 9.17) is 4.74 Å². The Labute approximate surface area is 159 Å². The van der Waals surface area contributed by atoms with Crippen molar-refractivity contribution in [2.75, 3.05) is 25.5 Å². The van der Waals surface area contributed by atoms with E-state index in [0.717, 1.165) is 50.9 Å². The highest BCUT2D eigenvalue weighted by Crippen LogP contribution is 2.26. The molecule has 1 saturated heterocycles. The van der Waals surface area contributed by atoms with E-state index in [9.17, 15) is 4.79 Å². The molecule has 7 heteroatoms. The number of anilines is 1. The molecule has 0 bridgehead atoms. The number of piperidine rings is 1. The summed E-state index contributed by atoms with van der Waals surface area (Å²) in [7, 11) is 4.07. The number of rotatable bonds is 4. The van der Waals surface area contributed by atoms with Crippen LogP contribution in [0.25, 0.3) is 0 Å². The molecule has 1 atom stereocenters. The lowest BCUT2D eigenvalue weighted by atomic mass is 9.87. The van der Waals surface area contributed by atoms with Crippen LogP contribution < -0.4 is 10.1 Å². The van der Waals surface area contributed by atoms with E-state index in [1.807, 2.05) is 30.1 Å². The van der Waals surface area contributed by atoms with Gasteiger partial charge in [-0.25, -0.2) is 4.98 Å². The fraction of sp³-hybridized carbons (Fsp3) is 0.550. The molecule has 1 amide bonds. The number of nitrogens with zero attached hydrogens (tertiary/aromatic N) is 4. The molecule has 2 aromatic rings. The molecular formula is C20H27N5O2. The van der Waals surface area contributed by atoms with E-state index in [1.54, 1.807) is 6.20 Å². The van der Waals surface area contributed by atoms with Crippen molar-refractivity contribution < 1.29 is 9.53 Å². The number of aryl methyl sites for hydroxylation is 2. The highest BCUT2D eigenvalue weighted by molar-refractivity contribution is 5.92. The molecule has 1 fully saturated rings. The normalized spacial score (nSPS) is 20.9. The number of hydrogen-bond acceptors (Lipinski definition) is 5. The van der Waals surface area contributed by atoms with E-state index < -0.39 is 0 Å². The van der Waals surface area contributed by atoms with Gasteiger partial charge in [-0.05, 0) is 44.4 Å². The summed E-state index contributed by atoms with van der Waals surface area (Å²) in [4.78, 5) is 19.4. The van der Waals surface area contributed by atoms with Crippen molar-refractivity contribution in [2.45, 2.75) is 38.2 Å². The second kappa shape index (κ2) is 7.68. The van der Waals surface area contributed by atoms with Crippen molar-refractivity contribution in [2.24, 2.45) is 13.0 Å². The van der Waals surface area contributed by atoms with Gasteiger partial charge < -0.3 is 15.0 Å². The zero-order valence-electron chi connectivity index (χ0n) is 16.0. The summed E-state index contributed by atoms with van der Waals surface area (Å²) in [5.41, 5.74) is 3.18. The minimum absolute atomic E-state index is 0.0284. The molecular weight excluding hydrogens is 342 g/mol. The van der Waals surface area contributed by atoms with Crippen LogP contribution >= 0.6 is 0 Å². The zero-order valence-corrected chi connectivity index (χ0v) is 16.0. The summed E-state index contributed by atoms with van der Waals surface area (Å²) < 4.78 is 7.91. The Morgan fingerprint density at radius 2 is 2.07 bits per heavy atom. The average Bonchev–Trinajstić information content (AvgIpc) is 3.04. The zero-order chi connectivity index (χ0) is 18.8. The van der Waals surface area contributed by atoms with Crippen molar-refractivity contribution in [1.29, 1.82) is 0 Å². The maximum Gasteiger partial charge on any atom is 0.227 e. The molecule has 144 valence electrons. The lowest BCUT2D eigenvalue weighted by molar-refractivity contribution is -0.120. The van der Waals surface area contributed by atoms with Crippen LogP contribution in [0.4, 0.5) is 5.69 Å². The fourth-order valence-corrected chi connectivity index (χ4v) is 3.94. The SMILES string of the molecule is CN1CCC(Oc2cc(NC(=O)C3CCc4cnn(C)c4C3)ccn2)CC1. The van der Waals surface area contributed by atoms with E-state index in [1.165, 1.54) is 11.3 Å². The molecule has 27 heavy (non-hydrogen) atoms. The van der Waals surface area contributed by atoms with Gasteiger partial charge in [0.2, 0.25) is 11.8 Å². The first kappa shape index (κ1) is 18.0. The summed E-state index contributed by atoms with van der Waals surface area (Å²) >= 11 is 0. The van der Waals surface area contributed by atoms with Gasteiger partial charge >= 0.3 is 0 Å². The van der Waals surface area contributed by atoms with Gasteiger partial charge in [0.25, 0.3) is 0 Å². The first-order valence-corrected chi connectivity index (χ1v) is 9.70. The van der Waals surface area contributed by atoms with Crippen LogP contribution in [0, 0.1) is 5.92 Å². The molecule has 2 aromatic heterocycles.